The summed E-state index contributed by atoms with van der Waals surface area (Å²) >= 11 is 0. The van der Waals surface area contributed by atoms with E-state index in [1.807, 2.05) is 35.9 Å². The van der Waals surface area contributed by atoms with Crippen LogP contribution in [0.2, 0.25) is 0 Å². The molecule has 0 aliphatic carbocycles. The first kappa shape index (κ1) is 22.9. The Balaban J connectivity index is 1.45. The third kappa shape index (κ3) is 4.40. The molecule has 2 aliphatic rings. The van der Waals surface area contributed by atoms with Crippen LogP contribution < -0.4 is 15.2 Å². The highest BCUT2D eigenvalue weighted by molar-refractivity contribution is 5.80. The maximum Gasteiger partial charge on any atom is 0.258 e. The van der Waals surface area contributed by atoms with E-state index in [0.717, 1.165) is 55.6 Å². The minimum absolute atomic E-state index is 0.0913. The zero-order valence-electron chi connectivity index (χ0n) is 20.4. The van der Waals surface area contributed by atoms with Crippen molar-refractivity contribution in [1.29, 1.82) is 0 Å². The van der Waals surface area contributed by atoms with E-state index in [2.05, 4.69) is 44.8 Å². The van der Waals surface area contributed by atoms with Crippen molar-refractivity contribution in [3.63, 3.8) is 0 Å². The Labute approximate surface area is 209 Å². The Kier molecular flexibility index (Phi) is 6.25. The van der Waals surface area contributed by atoms with Crippen LogP contribution in [0.4, 0.5) is 0 Å². The van der Waals surface area contributed by atoms with Crippen molar-refractivity contribution < 1.29 is 14.4 Å². The Morgan fingerprint density at radius 1 is 1.22 bits per heavy atom. The van der Waals surface area contributed by atoms with Gasteiger partial charge in [-0.25, -0.2) is 4.68 Å². The van der Waals surface area contributed by atoms with E-state index in [0.29, 0.717) is 24.5 Å². The number of hydrogen-bond donors (Lipinski definition) is 2. The van der Waals surface area contributed by atoms with Gasteiger partial charge >= 0.3 is 0 Å². The lowest BCUT2D eigenvalue weighted by atomic mass is 9.96. The first-order valence-electron chi connectivity index (χ1n) is 12.8. The Morgan fingerprint density at radius 2 is 2.11 bits per heavy atom. The van der Waals surface area contributed by atoms with Crippen molar-refractivity contribution in [2.45, 2.75) is 51.4 Å². The molecule has 1 fully saturated rings. The Hall–Kier alpha value is -3.56. The van der Waals surface area contributed by atoms with Crippen molar-refractivity contribution in [3.8, 4) is 5.75 Å². The quantitative estimate of drug-likeness (QED) is 0.413. The average molecular weight is 488 g/mol. The maximum absolute atomic E-state index is 13.5. The molecule has 6 rings (SSSR count). The summed E-state index contributed by atoms with van der Waals surface area (Å²) in [5.41, 5.74) is 4.00. The van der Waals surface area contributed by atoms with Crippen molar-refractivity contribution in [1.82, 2.24) is 25.2 Å². The second-order valence-electron chi connectivity index (χ2n) is 9.63. The molecule has 186 valence electrons. The van der Waals surface area contributed by atoms with Gasteiger partial charge in [0.15, 0.2) is 6.04 Å². The van der Waals surface area contributed by atoms with Crippen LogP contribution in [-0.4, -0.2) is 51.1 Å². The lowest BCUT2D eigenvalue weighted by Gasteiger charge is -2.32. The van der Waals surface area contributed by atoms with Gasteiger partial charge in [-0.05, 0) is 60.0 Å². The molecule has 0 amide bonds. The number of pyridine rings is 1. The summed E-state index contributed by atoms with van der Waals surface area (Å²) in [5.74, 6) is 1.48. The summed E-state index contributed by atoms with van der Waals surface area (Å²) in [6.07, 6.45) is 3.07. The highest BCUT2D eigenvalue weighted by Crippen LogP contribution is 2.24. The molecule has 2 aromatic heterocycles. The van der Waals surface area contributed by atoms with E-state index in [-0.39, 0.29) is 17.7 Å². The van der Waals surface area contributed by atoms with Crippen LogP contribution >= 0.6 is 0 Å². The van der Waals surface area contributed by atoms with E-state index in [9.17, 15) is 4.79 Å². The van der Waals surface area contributed by atoms with Gasteiger partial charge in [-0.1, -0.05) is 24.3 Å². The van der Waals surface area contributed by atoms with E-state index in [4.69, 9.17) is 9.47 Å². The summed E-state index contributed by atoms with van der Waals surface area (Å²) < 4.78 is 13.4. The zero-order chi connectivity index (χ0) is 24.5. The number of fused-ring (bicyclic) bond motifs is 2. The summed E-state index contributed by atoms with van der Waals surface area (Å²) in [5, 5.41) is 13.8. The van der Waals surface area contributed by atoms with Gasteiger partial charge in [-0.3, -0.25) is 4.79 Å². The lowest BCUT2D eigenvalue weighted by Crippen LogP contribution is -3.12. The standard InChI is InChI=1S/C27H30N6O3/c1-2-35-21-9-10-24-20(14-21)15-23(27(34)28-24)25(32-12-11-18-6-3-4-7-19(18)16-32)26-29-30-31-33(26)17-22-8-5-13-36-22/h3-4,6-7,9-10,14-15,22,25H,2,5,8,11-13,16-17H2,1H3,(H,28,34)/p+1/t22-,25-/m1/s1. The number of aromatic nitrogens is 5. The minimum atomic E-state index is -0.321. The summed E-state index contributed by atoms with van der Waals surface area (Å²) in [7, 11) is 0. The molecule has 0 saturated carbocycles. The van der Waals surface area contributed by atoms with Crippen molar-refractivity contribution in [3.05, 3.63) is 81.4 Å². The molecule has 2 aromatic carbocycles. The SMILES string of the molecule is CCOc1ccc2[nH]c(=O)c([C@H](c3nnnn3C[C@H]3CCCO3)[NH+]3CCc4ccccc4C3)cc2c1. The fraction of sp³-hybridized carbons (Fsp3) is 0.407. The molecular formula is C27H31N6O3+. The first-order valence-corrected chi connectivity index (χ1v) is 12.8. The molecule has 2 N–H and O–H groups in total. The average Bonchev–Trinajstić information content (AvgIpc) is 3.58. The number of ether oxygens (including phenoxy) is 2. The molecule has 1 saturated heterocycles. The second kappa shape index (κ2) is 9.83. The zero-order valence-corrected chi connectivity index (χ0v) is 20.4. The molecule has 3 atom stereocenters. The summed E-state index contributed by atoms with van der Waals surface area (Å²) in [6.45, 7) is 5.58. The summed E-state index contributed by atoms with van der Waals surface area (Å²) in [4.78, 5) is 17.9. The van der Waals surface area contributed by atoms with Gasteiger partial charge in [0.2, 0.25) is 5.82 Å². The van der Waals surface area contributed by atoms with Crippen LogP contribution in [0.5, 0.6) is 5.75 Å². The smallest absolute Gasteiger partial charge is 0.258 e. The van der Waals surface area contributed by atoms with Crippen LogP contribution in [0.15, 0.2) is 53.3 Å². The largest absolute Gasteiger partial charge is 0.494 e. The Morgan fingerprint density at radius 3 is 2.94 bits per heavy atom. The predicted molar refractivity (Wildman–Crippen MR) is 134 cm³/mol. The van der Waals surface area contributed by atoms with Crippen molar-refractivity contribution in [2.24, 2.45) is 0 Å². The normalized spacial score (nSPS) is 20.4. The third-order valence-corrected chi connectivity index (χ3v) is 7.34. The summed E-state index contributed by atoms with van der Waals surface area (Å²) in [6, 6.07) is 16.0. The van der Waals surface area contributed by atoms with E-state index >= 15 is 0 Å². The van der Waals surface area contributed by atoms with Gasteiger partial charge in [0.05, 0.1) is 31.4 Å². The number of quaternary nitrogens is 1. The van der Waals surface area contributed by atoms with E-state index in [1.165, 1.54) is 16.0 Å². The van der Waals surface area contributed by atoms with Crippen LogP contribution in [-0.2, 0) is 24.2 Å². The molecule has 0 radical (unpaired) electrons. The van der Waals surface area contributed by atoms with Crippen LogP contribution in [0.1, 0.15) is 48.3 Å². The molecule has 0 spiro atoms. The van der Waals surface area contributed by atoms with Gasteiger partial charge in [-0.15, -0.1) is 5.10 Å². The lowest BCUT2D eigenvalue weighted by molar-refractivity contribution is -0.942. The fourth-order valence-corrected chi connectivity index (χ4v) is 5.59. The predicted octanol–water partition coefficient (Wildman–Crippen LogP) is 1.82. The van der Waals surface area contributed by atoms with Crippen LogP contribution in [0.3, 0.4) is 0 Å². The van der Waals surface area contributed by atoms with Gasteiger partial charge in [0, 0.05) is 29.5 Å². The van der Waals surface area contributed by atoms with Gasteiger partial charge < -0.3 is 19.4 Å². The van der Waals surface area contributed by atoms with Gasteiger partial charge in [0.25, 0.3) is 5.56 Å². The number of nitrogens with zero attached hydrogens (tertiary/aromatic N) is 4. The maximum atomic E-state index is 13.5. The number of aromatic amines is 1. The monoisotopic (exact) mass is 487 g/mol. The molecule has 9 nitrogen and oxygen atoms in total. The van der Waals surface area contributed by atoms with Crippen molar-refractivity contribution >= 4 is 10.9 Å². The molecule has 2 aliphatic heterocycles. The van der Waals surface area contributed by atoms with Crippen molar-refractivity contribution in [2.75, 3.05) is 19.8 Å². The number of nitrogens with one attached hydrogen (secondary N) is 2. The molecule has 1 unspecified atom stereocenters. The highest BCUT2D eigenvalue weighted by Gasteiger charge is 2.36. The molecule has 36 heavy (non-hydrogen) atoms. The molecular weight excluding hydrogens is 456 g/mol. The number of H-pyrrole nitrogens is 1. The van der Waals surface area contributed by atoms with Gasteiger partial charge in [0.1, 0.15) is 12.3 Å². The fourth-order valence-electron chi connectivity index (χ4n) is 5.59. The van der Waals surface area contributed by atoms with E-state index in [1.54, 1.807) is 0 Å². The Bertz CT molecular complexity index is 1420. The number of rotatable bonds is 7. The molecule has 0 bridgehead atoms. The number of benzene rings is 2. The first-order chi connectivity index (χ1) is 17.7. The van der Waals surface area contributed by atoms with Gasteiger partial charge in [-0.2, -0.15) is 0 Å². The van der Waals surface area contributed by atoms with E-state index < -0.39 is 0 Å². The molecule has 9 heteroatoms. The van der Waals surface area contributed by atoms with Crippen LogP contribution in [0, 0.1) is 0 Å². The molecule has 4 aromatic rings. The number of tetrazole rings is 1. The minimum Gasteiger partial charge on any atom is -0.494 e. The highest BCUT2D eigenvalue weighted by atomic mass is 16.5. The topological polar surface area (TPSA) is 99.4 Å². The second-order valence-corrected chi connectivity index (χ2v) is 9.63. The van der Waals surface area contributed by atoms with Crippen LogP contribution in [0.25, 0.3) is 10.9 Å². The third-order valence-electron chi connectivity index (χ3n) is 7.34. The molecule has 4 heterocycles. The number of hydrogen-bond acceptors (Lipinski definition) is 6.